The molecule has 2 aliphatic rings. The third kappa shape index (κ3) is 3.43. The zero-order valence-electron chi connectivity index (χ0n) is 16.6. The minimum Gasteiger partial charge on any atom is -0.474 e. The SMILES string of the molecule is Cc1c(-c2cc3cc(NC(=O)N[C@H]4C[C@H]4F)ncc3c(N)c2F)cnc2c1NCCO2. The lowest BCUT2D eigenvalue weighted by Crippen LogP contribution is -2.32. The van der Waals surface area contributed by atoms with Crippen molar-refractivity contribution in [2.45, 2.75) is 25.6 Å². The van der Waals surface area contributed by atoms with Crippen LogP contribution >= 0.6 is 0 Å². The summed E-state index contributed by atoms with van der Waals surface area (Å²) >= 11 is 0. The number of urea groups is 1. The number of nitrogens with zero attached hydrogens (tertiary/aromatic N) is 2. The number of amides is 2. The molecule has 0 saturated heterocycles. The van der Waals surface area contributed by atoms with Crippen LogP contribution in [0.2, 0.25) is 0 Å². The first-order valence-electron chi connectivity index (χ1n) is 9.88. The van der Waals surface area contributed by atoms with Gasteiger partial charge >= 0.3 is 6.03 Å². The van der Waals surface area contributed by atoms with E-state index in [1.807, 2.05) is 6.92 Å². The number of hydrogen-bond donors (Lipinski definition) is 4. The molecule has 160 valence electrons. The molecule has 1 aliphatic carbocycles. The Hall–Kier alpha value is -3.69. The number of rotatable bonds is 3. The van der Waals surface area contributed by atoms with E-state index in [-0.39, 0.29) is 17.1 Å². The third-order valence-electron chi connectivity index (χ3n) is 5.51. The molecule has 2 atom stereocenters. The van der Waals surface area contributed by atoms with E-state index in [2.05, 4.69) is 25.9 Å². The number of fused-ring (bicyclic) bond motifs is 2. The van der Waals surface area contributed by atoms with Gasteiger partial charge in [0.25, 0.3) is 0 Å². The van der Waals surface area contributed by atoms with E-state index in [1.54, 1.807) is 18.3 Å². The molecule has 1 aliphatic heterocycles. The van der Waals surface area contributed by atoms with Crippen molar-refractivity contribution >= 4 is 34.0 Å². The monoisotopic (exact) mass is 426 g/mol. The van der Waals surface area contributed by atoms with Crippen LogP contribution in [0.3, 0.4) is 0 Å². The number of carbonyl (C=O) groups is 1. The van der Waals surface area contributed by atoms with Crippen molar-refractivity contribution in [1.29, 1.82) is 0 Å². The summed E-state index contributed by atoms with van der Waals surface area (Å²) in [6.45, 7) is 3.00. The van der Waals surface area contributed by atoms with Crippen molar-refractivity contribution in [3.05, 3.63) is 35.9 Å². The summed E-state index contributed by atoms with van der Waals surface area (Å²) in [5.74, 6) is 0.153. The van der Waals surface area contributed by atoms with Gasteiger partial charge in [-0.3, -0.25) is 5.32 Å². The molecule has 3 heterocycles. The van der Waals surface area contributed by atoms with Gasteiger partial charge in [0, 0.05) is 41.9 Å². The predicted octanol–water partition coefficient (Wildman–Crippen LogP) is 3.36. The van der Waals surface area contributed by atoms with Gasteiger partial charge in [0.2, 0.25) is 5.88 Å². The maximum absolute atomic E-state index is 15.2. The quantitative estimate of drug-likeness (QED) is 0.478. The van der Waals surface area contributed by atoms with Crippen molar-refractivity contribution in [2.75, 3.05) is 29.5 Å². The van der Waals surface area contributed by atoms with Gasteiger partial charge in [-0.1, -0.05) is 0 Å². The average Bonchev–Trinajstić information content (AvgIpc) is 3.45. The van der Waals surface area contributed by atoms with Crippen molar-refractivity contribution in [2.24, 2.45) is 0 Å². The van der Waals surface area contributed by atoms with Gasteiger partial charge in [0.15, 0.2) is 5.82 Å². The largest absolute Gasteiger partial charge is 0.474 e. The Morgan fingerprint density at radius 3 is 2.87 bits per heavy atom. The number of anilines is 3. The fourth-order valence-corrected chi connectivity index (χ4v) is 3.69. The van der Waals surface area contributed by atoms with Gasteiger partial charge in [-0.2, -0.15) is 0 Å². The number of nitrogens with one attached hydrogen (secondary N) is 3. The molecular formula is C21H20F2N6O2. The van der Waals surface area contributed by atoms with Crippen LogP contribution < -0.4 is 26.4 Å². The first kappa shape index (κ1) is 19.3. The first-order valence-corrected chi connectivity index (χ1v) is 9.88. The van der Waals surface area contributed by atoms with E-state index in [9.17, 15) is 9.18 Å². The van der Waals surface area contributed by atoms with Crippen molar-refractivity contribution in [3.8, 4) is 17.0 Å². The van der Waals surface area contributed by atoms with Crippen LogP contribution in [-0.2, 0) is 0 Å². The zero-order chi connectivity index (χ0) is 21.7. The molecule has 1 fully saturated rings. The van der Waals surface area contributed by atoms with Crippen molar-refractivity contribution in [1.82, 2.24) is 15.3 Å². The molecule has 2 aromatic heterocycles. The molecule has 3 aromatic rings. The fraction of sp³-hybridized carbons (Fsp3) is 0.286. The Morgan fingerprint density at radius 1 is 1.29 bits per heavy atom. The highest BCUT2D eigenvalue weighted by molar-refractivity contribution is 6.00. The lowest BCUT2D eigenvalue weighted by Gasteiger charge is -2.22. The summed E-state index contributed by atoms with van der Waals surface area (Å²) in [6.07, 6.45) is 2.26. The number of alkyl halides is 1. The van der Waals surface area contributed by atoms with Gasteiger partial charge < -0.3 is 21.1 Å². The van der Waals surface area contributed by atoms with Crippen LogP contribution in [-0.4, -0.2) is 41.4 Å². The van der Waals surface area contributed by atoms with E-state index in [1.165, 1.54) is 6.20 Å². The fourth-order valence-electron chi connectivity index (χ4n) is 3.69. The lowest BCUT2D eigenvalue weighted by atomic mass is 9.97. The van der Waals surface area contributed by atoms with E-state index in [0.717, 1.165) is 11.3 Å². The molecule has 10 heteroatoms. The maximum Gasteiger partial charge on any atom is 0.320 e. The smallest absolute Gasteiger partial charge is 0.320 e. The minimum atomic E-state index is -1.01. The highest BCUT2D eigenvalue weighted by Crippen LogP contribution is 2.39. The summed E-state index contributed by atoms with van der Waals surface area (Å²) < 4.78 is 33.7. The van der Waals surface area contributed by atoms with Gasteiger partial charge in [-0.05, 0) is 30.0 Å². The van der Waals surface area contributed by atoms with Gasteiger partial charge in [0.05, 0.1) is 11.7 Å². The molecule has 2 amide bonds. The predicted molar refractivity (Wildman–Crippen MR) is 114 cm³/mol. The summed E-state index contributed by atoms with van der Waals surface area (Å²) in [6, 6.07) is 2.22. The molecule has 8 nitrogen and oxygen atoms in total. The number of carbonyl (C=O) groups excluding carboxylic acids is 1. The van der Waals surface area contributed by atoms with E-state index in [4.69, 9.17) is 10.5 Å². The highest BCUT2D eigenvalue weighted by Gasteiger charge is 2.38. The Kier molecular flexibility index (Phi) is 4.49. The van der Waals surface area contributed by atoms with Crippen molar-refractivity contribution in [3.63, 3.8) is 0 Å². The van der Waals surface area contributed by atoms with E-state index in [0.29, 0.717) is 41.8 Å². The van der Waals surface area contributed by atoms with Crippen LogP contribution in [0, 0.1) is 12.7 Å². The number of aromatic nitrogens is 2. The minimum absolute atomic E-state index is 0.0458. The molecule has 0 bridgehead atoms. The Labute approximate surface area is 176 Å². The topological polar surface area (TPSA) is 114 Å². The molecular weight excluding hydrogens is 406 g/mol. The summed E-state index contributed by atoms with van der Waals surface area (Å²) in [5, 5.41) is 9.33. The summed E-state index contributed by atoms with van der Waals surface area (Å²) in [7, 11) is 0. The summed E-state index contributed by atoms with van der Waals surface area (Å²) in [4.78, 5) is 20.4. The second kappa shape index (κ2) is 7.22. The van der Waals surface area contributed by atoms with Crippen LogP contribution in [0.15, 0.2) is 24.5 Å². The second-order valence-electron chi connectivity index (χ2n) is 7.65. The van der Waals surface area contributed by atoms with E-state index >= 15 is 4.39 Å². The highest BCUT2D eigenvalue weighted by atomic mass is 19.1. The summed E-state index contributed by atoms with van der Waals surface area (Å²) in [5.41, 5.74) is 8.40. The second-order valence-corrected chi connectivity index (χ2v) is 7.65. The maximum atomic E-state index is 15.2. The van der Waals surface area contributed by atoms with E-state index < -0.39 is 24.1 Å². The van der Waals surface area contributed by atoms with Crippen LogP contribution in [0.1, 0.15) is 12.0 Å². The Morgan fingerprint density at radius 2 is 2.10 bits per heavy atom. The van der Waals surface area contributed by atoms with Gasteiger partial charge in [0.1, 0.15) is 24.3 Å². The van der Waals surface area contributed by atoms with Gasteiger partial charge in [-0.25, -0.2) is 23.5 Å². The molecule has 1 aromatic carbocycles. The molecule has 5 N–H and O–H groups in total. The Balaban J connectivity index is 1.53. The number of halogens is 2. The number of nitrogens with two attached hydrogens (primary N) is 1. The number of benzene rings is 1. The number of nitrogen functional groups attached to an aromatic ring is 1. The number of hydrogen-bond acceptors (Lipinski definition) is 6. The van der Waals surface area contributed by atoms with Crippen LogP contribution in [0.4, 0.5) is 30.8 Å². The zero-order valence-corrected chi connectivity index (χ0v) is 16.6. The lowest BCUT2D eigenvalue weighted by molar-refractivity contribution is 0.250. The molecule has 31 heavy (non-hydrogen) atoms. The number of ether oxygens (including phenoxy) is 1. The molecule has 0 unspecified atom stereocenters. The van der Waals surface area contributed by atoms with Gasteiger partial charge in [-0.15, -0.1) is 0 Å². The van der Waals surface area contributed by atoms with Crippen molar-refractivity contribution < 1.29 is 18.3 Å². The molecule has 0 spiro atoms. The van der Waals surface area contributed by atoms with Crippen LogP contribution in [0.5, 0.6) is 5.88 Å². The molecule has 5 rings (SSSR count). The standard InChI is InChI=1S/C21H20F2N6O2/c1-9-12(7-27-20-19(9)25-2-3-31-20)11-4-10-5-16(26-8-13(10)18(24)17(11)23)29-21(30)28-15-6-14(15)22/h4-5,7-8,14-15,25H,2-3,6,24H2,1H3,(H2,26,28,29,30)/t14-,15+/m1/s1. The Bertz CT molecular complexity index is 1220. The third-order valence-corrected chi connectivity index (χ3v) is 5.51. The first-order chi connectivity index (χ1) is 14.9. The normalized spacial score (nSPS) is 19.2. The van der Waals surface area contributed by atoms with Crippen LogP contribution in [0.25, 0.3) is 21.9 Å². The molecule has 1 saturated carbocycles. The number of pyridine rings is 2. The average molecular weight is 426 g/mol. The molecule has 0 radical (unpaired) electrons.